The minimum absolute atomic E-state index is 0.0118. The molecule has 0 aliphatic carbocycles. The van der Waals surface area contributed by atoms with Crippen molar-refractivity contribution in [1.82, 2.24) is 24.8 Å². The molecule has 0 radical (unpaired) electrons. The van der Waals surface area contributed by atoms with E-state index in [9.17, 15) is 4.79 Å². The van der Waals surface area contributed by atoms with E-state index in [1.165, 1.54) is 11.9 Å². The highest BCUT2D eigenvalue weighted by Crippen LogP contribution is 2.32. The van der Waals surface area contributed by atoms with E-state index < -0.39 is 6.04 Å². The topological polar surface area (TPSA) is 77.0 Å². The molecule has 1 aliphatic heterocycles. The number of benzene rings is 2. The molecule has 30 heavy (non-hydrogen) atoms. The van der Waals surface area contributed by atoms with Crippen LogP contribution in [-0.2, 0) is 17.8 Å². The second kappa shape index (κ2) is 7.59. The van der Waals surface area contributed by atoms with Crippen LogP contribution in [0.3, 0.4) is 0 Å². The molecule has 7 nitrogen and oxygen atoms in total. The highest BCUT2D eigenvalue weighted by molar-refractivity contribution is 5.80. The molecule has 0 spiro atoms. The molecule has 0 unspecified atom stereocenters. The maximum absolute atomic E-state index is 13.0. The first kappa shape index (κ1) is 18.3. The van der Waals surface area contributed by atoms with Crippen molar-refractivity contribution in [1.29, 1.82) is 0 Å². The molecular formula is C23H21N5O2. The van der Waals surface area contributed by atoms with Gasteiger partial charge in [0, 0.05) is 24.1 Å². The van der Waals surface area contributed by atoms with Gasteiger partial charge in [-0.2, -0.15) is 5.10 Å². The number of hydrogen-bond donors (Lipinski definition) is 0. The Kier molecular flexibility index (Phi) is 4.63. The number of aromatic nitrogens is 4. The average molecular weight is 399 g/mol. The molecule has 0 fully saturated rings. The second-order valence-electron chi connectivity index (χ2n) is 7.44. The molecule has 2 aromatic carbocycles. The van der Waals surface area contributed by atoms with Crippen LogP contribution in [0.1, 0.15) is 24.3 Å². The van der Waals surface area contributed by atoms with Crippen LogP contribution in [0.5, 0.6) is 0 Å². The molecule has 1 amide bonds. The largest absolute Gasteiger partial charge is 0.360 e. The summed E-state index contributed by atoms with van der Waals surface area (Å²) >= 11 is 0. The van der Waals surface area contributed by atoms with Gasteiger partial charge in [-0.05, 0) is 18.1 Å². The monoisotopic (exact) mass is 399 g/mol. The van der Waals surface area contributed by atoms with Gasteiger partial charge in [0.15, 0.2) is 0 Å². The number of nitrogens with zero attached hydrogens (tertiary/aromatic N) is 5. The molecule has 0 saturated heterocycles. The summed E-state index contributed by atoms with van der Waals surface area (Å²) in [4.78, 5) is 18.7. The number of rotatable bonds is 4. The summed E-state index contributed by atoms with van der Waals surface area (Å²) in [6.45, 7) is 2.92. The van der Waals surface area contributed by atoms with E-state index >= 15 is 0 Å². The lowest BCUT2D eigenvalue weighted by Gasteiger charge is -2.28. The van der Waals surface area contributed by atoms with Gasteiger partial charge < -0.3 is 9.42 Å². The minimum atomic E-state index is -0.400. The van der Waals surface area contributed by atoms with Crippen LogP contribution >= 0.6 is 0 Å². The van der Waals surface area contributed by atoms with Gasteiger partial charge in [-0.15, -0.1) is 0 Å². The van der Waals surface area contributed by atoms with E-state index in [0.29, 0.717) is 19.5 Å². The Bertz CT molecular complexity index is 1150. The van der Waals surface area contributed by atoms with Gasteiger partial charge in [0.2, 0.25) is 5.91 Å². The number of carbonyl (C=O) groups excluding carboxylic acids is 1. The molecule has 1 atom stereocenters. The minimum Gasteiger partial charge on any atom is -0.360 e. The van der Waals surface area contributed by atoms with Crippen LogP contribution in [0.25, 0.3) is 22.4 Å². The van der Waals surface area contributed by atoms with E-state index in [-0.39, 0.29) is 5.91 Å². The van der Waals surface area contributed by atoms with Gasteiger partial charge in [-0.3, -0.25) is 4.79 Å². The molecule has 0 saturated carbocycles. The SMILES string of the molecule is C[C@@H](C(=O)N1CCc2onc(-c3ccc(-c4ccccc4)cc3)c2C1)n1cncn1. The Morgan fingerprint density at radius 1 is 1.03 bits per heavy atom. The zero-order chi connectivity index (χ0) is 20.5. The van der Waals surface area contributed by atoms with E-state index in [0.717, 1.165) is 28.1 Å². The van der Waals surface area contributed by atoms with Crippen molar-refractivity contribution in [3.05, 3.63) is 78.6 Å². The summed E-state index contributed by atoms with van der Waals surface area (Å²) in [6, 6.07) is 18.1. The normalized spacial score (nSPS) is 14.4. The summed E-state index contributed by atoms with van der Waals surface area (Å²) in [5.74, 6) is 0.868. The zero-order valence-corrected chi connectivity index (χ0v) is 16.6. The highest BCUT2D eigenvalue weighted by atomic mass is 16.5. The van der Waals surface area contributed by atoms with Crippen molar-refractivity contribution in [3.8, 4) is 22.4 Å². The van der Waals surface area contributed by atoms with Crippen LogP contribution < -0.4 is 0 Å². The van der Waals surface area contributed by atoms with Crippen LogP contribution in [0.2, 0.25) is 0 Å². The van der Waals surface area contributed by atoms with Crippen molar-refractivity contribution >= 4 is 5.91 Å². The molecule has 1 aliphatic rings. The molecule has 7 heteroatoms. The maximum atomic E-state index is 13.0. The number of hydrogen-bond acceptors (Lipinski definition) is 5. The first-order valence-electron chi connectivity index (χ1n) is 9.97. The van der Waals surface area contributed by atoms with Gasteiger partial charge in [0.25, 0.3) is 0 Å². The third kappa shape index (κ3) is 3.28. The lowest BCUT2D eigenvalue weighted by atomic mass is 9.98. The summed E-state index contributed by atoms with van der Waals surface area (Å²) in [5.41, 5.74) is 5.09. The second-order valence-corrected chi connectivity index (χ2v) is 7.44. The molecular weight excluding hydrogens is 378 g/mol. The standard InChI is InChI=1S/C23H21N5O2/c1-16(28-15-24-14-25-28)23(29)27-12-11-21-20(13-27)22(26-30-21)19-9-7-18(8-10-19)17-5-3-2-4-6-17/h2-10,14-16H,11-13H2,1H3/t16-/m0/s1. The molecule has 4 aromatic rings. The Labute approximate surface area is 174 Å². The van der Waals surface area contributed by atoms with E-state index in [2.05, 4.69) is 51.6 Å². The average Bonchev–Trinajstić information content (AvgIpc) is 3.49. The summed E-state index contributed by atoms with van der Waals surface area (Å²) in [5, 5.41) is 8.41. The Morgan fingerprint density at radius 3 is 2.50 bits per heavy atom. The molecule has 5 rings (SSSR count). The van der Waals surface area contributed by atoms with Gasteiger partial charge in [-0.1, -0.05) is 59.8 Å². The van der Waals surface area contributed by atoms with Gasteiger partial charge in [0.05, 0.1) is 6.54 Å². The van der Waals surface area contributed by atoms with Gasteiger partial charge >= 0.3 is 0 Å². The van der Waals surface area contributed by atoms with E-state index in [4.69, 9.17) is 4.52 Å². The van der Waals surface area contributed by atoms with Crippen LogP contribution in [0.4, 0.5) is 0 Å². The molecule has 0 bridgehead atoms. The predicted octanol–water partition coefficient (Wildman–Crippen LogP) is 3.75. The smallest absolute Gasteiger partial charge is 0.247 e. The van der Waals surface area contributed by atoms with Crippen LogP contribution in [-0.4, -0.2) is 37.3 Å². The van der Waals surface area contributed by atoms with Crippen LogP contribution in [0, 0.1) is 0 Å². The maximum Gasteiger partial charge on any atom is 0.247 e. The zero-order valence-electron chi connectivity index (χ0n) is 16.6. The lowest BCUT2D eigenvalue weighted by Crippen LogP contribution is -2.39. The van der Waals surface area contributed by atoms with Gasteiger partial charge in [0.1, 0.15) is 30.2 Å². The molecule has 150 valence electrons. The third-order valence-corrected chi connectivity index (χ3v) is 5.60. The van der Waals surface area contributed by atoms with Crippen molar-refractivity contribution in [2.75, 3.05) is 6.54 Å². The number of fused-ring (bicyclic) bond motifs is 1. The lowest BCUT2D eigenvalue weighted by molar-refractivity contribution is -0.135. The van der Waals surface area contributed by atoms with Crippen molar-refractivity contribution in [3.63, 3.8) is 0 Å². The van der Waals surface area contributed by atoms with Crippen molar-refractivity contribution in [2.24, 2.45) is 0 Å². The fourth-order valence-electron chi connectivity index (χ4n) is 3.87. The highest BCUT2D eigenvalue weighted by Gasteiger charge is 2.30. The summed E-state index contributed by atoms with van der Waals surface area (Å²) in [6.07, 6.45) is 3.66. The fraction of sp³-hybridized carbons (Fsp3) is 0.217. The molecule has 0 N–H and O–H groups in total. The van der Waals surface area contributed by atoms with Crippen molar-refractivity contribution < 1.29 is 9.32 Å². The quantitative estimate of drug-likeness (QED) is 0.522. The summed E-state index contributed by atoms with van der Waals surface area (Å²) < 4.78 is 7.18. The first-order chi connectivity index (χ1) is 14.7. The third-order valence-electron chi connectivity index (χ3n) is 5.60. The first-order valence-corrected chi connectivity index (χ1v) is 9.97. The Morgan fingerprint density at radius 2 is 1.77 bits per heavy atom. The molecule has 3 heterocycles. The van der Waals surface area contributed by atoms with E-state index in [1.807, 2.05) is 30.0 Å². The molecule has 2 aromatic heterocycles. The fourth-order valence-corrected chi connectivity index (χ4v) is 3.87. The predicted molar refractivity (Wildman–Crippen MR) is 111 cm³/mol. The van der Waals surface area contributed by atoms with Gasteiger partial charge in [-0.25, -0.2) is 9.67 Å². The van der Waals surface area contributed by atoms with Crippen molar-refractivity contribution in [2.45, 2.75) is 25.9 Å². The Balaban J connectivity index is 1.39. The van der Waals surface area contributed by atoms with E-state index in [1.54, 1.807) is 11.0 Å². The Hall–Kier alpha value is -3.74. The number of amides is 1. The van der Waals surface area contributed by atoms with Crippen LogP contribution in [0.15, 0.2) is 71.8 Å². The summed E-state index contributed by atoms with van der Waals surface area (Å²) in [7, 11) is 0. The number of carbonyl (C=O) groups is 1.